The zero-order chi connectivity index (χ0) is 21.2. The van der Waals surface area contributed by atoms with Gasteiger partial charge < -0.3 is 14.7 Å². The van der Waals surface area contributed by atoms with E-state index in [1.807, 2.05) is 13.1 Å². The van der Waals surface area contributed by atoms with Gasteiger partial charge in [0.25, 0.3) is 0 Å². The minimum absolute atomic E-state index is 0.0895. The number of nitrogens with zero attached hydrogens (tertiary/aromatic N) is 2. The van der Waals surface area contributed by atoms with E-state index >= 15 is 0 Å². The molecule has 2 aliphatic rings. The molecule has 0 spiro atoms. The summed E-state index contributed by atoms with van der Waals surface area (Å²) < 4.78 is 5.41. The van der Waals surface area contributed by atoms with Crippen molar-refractivity contribution in [2.75, 3.05) is 32.8 Å². The molecule has 1 N–H and O–H groups in total. The summed E-state index contributed by atoms with van der Waals surface area (Å²) in [6.07, 6.45) is 1.83. The van der Waals surface area contributed by atoms with Gasteiger partial charge in [-0.15, -0.1) is 0 Å². The van der Waals surface area contributed by atoms with Crippen molar-refractivity contribution >= 4 is 6.21 Å². The van der Waals surface area contributed by atoms with Crippen LogP contribution in [0.15, 0.2) is 71.8 Å². The van der Waals surface area contributed by atoms with Crippen molar-refractivity contribution in [3.05, 3.63) is 83.4 Å². The van der Waals surface area contributed by atoms with Crippen LogP contribution < -0.4 is 14.7 Å². The van der Waals surface area contributed by atoms with E-state index < -0.39 is 0 Å². The average molecular weight is 414 g/mol. The lowest BCUT2D eigenvalue weighted by Gasteiger charge is -2.34. The molecule has 3 aromatic carbocycles. The molecule has 3 aromatic rings. The van der Waals surface area contributed by atoms with Gasteiger partial charge in [0.2, 0.25) is 0 Å². The fourth-order valence-electron chi connectivity index (χ4n) is 4.80. The van der Waals surface area contributed by atoms with Crippen molar-refractivity contribution in [2.24, 2.45) is 5.10 Å². The van der Waals surface area contributed by atoms with Crippen LogP contribution in [-0.2, 0) is 0 Å². The Kier molecular flexibility index (Phi) is 5.35. The summed E-state index contributed by atoms with van der Waals surface area (Å²) in [7, 11) is 0. The second-order valence-electron chi connectivity index (χ2n) is 8.10. The van der Waals surface area contributed by atoms with E-state index in [1.54, 1.807) is 23.1 Å². The molecule has 1 heterocycles. The van der Waals surface area contributed by atoms with Crippen LogP contribution in [0.25, 0.3) is 11.1 Å². The molecule has 0 atom stereocenters. The summed E-state index contributed by atoms with van der Waals surface area (Å²) in [5.41, 5.74) is 6.52. The van der Waals surface area contributed by atoms with Gasteiger partial charge >= 0.3 is 0 Å². The molecule has 5 heteroatoms. The maximum atomic E-state index is 11.8. The first kappa shape index (κ1) is 19.6. The molecule has 31 heavy (non-hydrogen) atoms. The first-order valence-electron chi connectivity index (χ1n) is 11.0. The predicted molar refractivity (Wildman–Crippen MR) is 121 cm³/mol. The smallest absolute Gasteiger partial charge is 0.140 e. The van der Waals surface area contributed by atoms with Crippen LogP contribution in [0, 0.1) is 0 Å². The molecule has 0 amide bonds. The molecule has 158 valence electrons. The molecule has 1 fully saturated rings. The molecule has 5 nitrogen and oxygen atoms in total. The van der Waals surface area contributed by atoms with E-state index in [2.05, 4.69) is 58.6 Å². The summed E-state index contributed by atoms with van der Waals surface area (Å²) in [6.45, 7) is 6.25. The lowest BCUT2D eigenvalue weighted by atomic mass is 10.0. The Bertz CT molecular complexity index is 1060. The highest BCUT2D eigenvalue weighted by molar-refractivity contribution is 5.80. The van der Waals surface area contributed by atoms with Crippen molar-refractivity contribution < 1.29 is 14.7 Å². The van der Waals surface area contributed by atoms with Gasteiger partial charge in [-0.2, -0.15) is 5.10 Å². The zero-order valence-electron chi connectivity index (χ0n) is 17.8. The number of hydrogen-bond acceptors (Lipinski definition) is 4. The SMILES string of the molecule is CCOc1cc(C=NN2CC[NH+](C3c4ccccc4-c4ccccc43)CC2)ccc1[O-]. The van der Waals surface area contributed by atoms with Crippen LogP contribution >= 0.6 is 0 Å². The molecule has 0 unspecified atom stereocenters. The summed E-state index contributed by atoms with van der Waals surface area (Å²) in [6, 6.07) is 23.2. The number of hydrogen-bond donors (Lipinski definition) is 1. The first-order valence-corrected chi connectivity index (χ1v) is 11.0. The highest BCUT2D eigenvalue weighted by atomic mass is 16.5. The zero-order valence-corrected chi connectivity index (χ0v) is 17.8. The number of piperazine rings is 1. The lowest BCUT2D eigenvalue weighted by molar-refractivity contribution is -0.929. The van der Waals surface area contributed by atoms with E-state index in [4.69, 9.17) is 4.74 Å². The van der Waals surface area contributed by atoms with E-state index in [9.17, 15) is 5.11 Å². The molecule has 5 rings (SSSR count). The molecule has 0 radical (unpaired) electrons. The maximum Gasteiger partial charge on any atom is 0.140 e. The monoisotopic (exact) mass is 413 g/mol. The van der Waals surface area contributed by atoms with Crippen LogP contribution in [0.5, 0.6) is 11.5 Å². The fourth-order valence-corrected chi connectivity index (χ4v) is 4.80. The summed E-state index contributed by atoms with van der Waals surface area (Å²) in [5.74, 6) is 0.299. The third kappa shape index (κ3) is 3.77. The average Bonchev–Trinajstić information content (AvgIpc) is 3.15. The molecular weight excluding hydrogens is 386 g/mol. The van der Waals surface area contributed by atoms with Crippen LogP contribution in [0.1, 0.15) is 29.7 Å². The second kappa shape index (κ2) is 8.44. The molecule has 0 saturated carbocycles. The molecule has 1 aliphatic carbocycles. The Morgan fingerprint density at radius 2 is 1.65 bits per heavy atom. The first-order chi connectivity index (χ1) is 15.2. The van der Waals surface area contributed by atoms with Crippen molar-refractivity contribution in [1.82, 2.24) is 5.01 Å². The number of quaternary nitrogens is 1. The van der Waals surface area contributed by atoms with Crippen molar-refractivity contribution in [1.29, 1.82) is 0 Å². The van der Waals surface area contributed by atoms with Gasteiger partial charge in [0.05, 0.1) is 39.0 Å². The Labute approximate surface area is 183 Å². The standard InChI is InChI=1S/C26H27N3O2/c1-2-31-25-17-19(11-12-24(25)30)18-27-29-15-13-28(14-16-29)26-22-9-5-3-7-20(22)21-8-4-6-10-23(21)26/h3-12,17-18,26,30H,2,13-16H2,1H3. The van der Waals surface area contributed by atoms with Crippen molar-refractivity contribution in [3.63, 3.8) is 0 Å². The molecule has 0 bridgehead atoms. The summed E-state index contributed by atoms with van der Waals surface area (Å²) in [4.78, 5) is 1.60. The van der Waals surface area contributed by atoms with Crippen molar-refractivity contribution in [3.8, 4) is 22.6 Å². The molecule has 1 saturated heterocycles. The van der Waals surface area contributed by atoms with Gasteiger partial charge in [-0.25, -0.2) is 0 Å². The quantitative estimate of drug-likeness (QED) is 0.654. The van der Waals surface area contributed by atoms with E-state index in [0.29, 0.717) is 18.4 Å². The predicted octanol–water partition coefficient (Wildman–Crippen LogP) is 2.46. The number of ether oxygens (including phenoxy) is 1. The third-order valence-corrected chi connectivity index (χ3v) is 6.26. The normalized spacial score (nSPS) is 16.5. The Hall–Kier alpha value is -3.31. The van der Waals surface area contributed by atoms with Crippen LogP contribution in [0.4, 0.5) is 0 Å². The highest BCUT2D eigenvalue weighted by Gasteiger charge is 2.37. The summed E-state index contributed by atoms with van der Waals surface area (Å²) >= 11 is 0. The maximum absolute atomic E-state index is 11.8. The van der Waals surface area contributed by atoms with Gasteiger partial charge in [0.1, 0.15) is 11.8 Å². The molecule has 0 aromatic heterocycles. The van der Waals surface area contributed by atoms with Gasteiger partial charge in [-0.1, -0.05) is 66.4 Å². The molecular formula is C26H27N3O2. The summed E-state index contributed by atoms with van der Waals surface area (Å²) in [5, 5.41) is 18.6. The third-order valence-electron chi connectivity index (χ3n) is 6.26. The highest BCUT2D eigenvalue weighted by Crippen LogP contribution is 2.41. The number of nitrogens with one attached hydrogen (secondary N) is 1. The Morgan fingerprint density at radius 3 is 2.29 bits per heavy atom. The number of rotatable bonds is 5. The minimum atomic E-state index is -0.0895. The van der Waals surface area contributed by atoms with E-state index in [1.165, 1.54) is 22.3 Å². The number of benzene rings is 3. The van der Waals surface area contributed by atoms with E-state index in [0.717, 1.165) is 31.7 Å². The van der Waals surface area contributed by atoms with Gasteiger partial charge in [0, 0.05) is 11.1 Å². The van der Waals surface area contributed by atoms with Crippen LogP contribution in [0.2, 0.25) is 0 Å². The minimum Gasteiger partial charge on any atom is -0.870 e. The Morgan fingerprint density at radius 1 is 1.00 bits per heavy atom. The molecule has 1 aliphatic heterocycles. The van der Waals surface area contributed by atoms with E-state index in [-0.39, 0.29) is 5.75 Å². The number of fused-ring (bicyclic) bond motifs is 3. The van der Waals surface area contributed by atoms with Crippen molar-refractivity contribution in [2.45, 2.75) is 13.0 Å². The van der Waals surface area contributed by atoms with Gasteiger partial charge in [0.15, 0.2) is 0 Å². The van der Waals surface area contributed by atoms with Crippen LogP contribution in [-0.4, -0.2) is 44.0 Å². The van der Waals surface area contributed by atoms with Gasteiger partial charge in [-0.3, -0.25) is 5.01 Å². The topological polar surface area (TPSA) is 52.3 Å². The van der Waals surface area contributed by atoms with Gasteiger partial charge in [-0.05, 0) is 29.7 Å². The largest absolute Gasteiger partial charge is 0.870 e. The lowest BCUT2D eigenvalue weighted by Crippen LogP contribution is -3.14. The second-order valence-corrected chi connectivity index (χ2v) is 8.10. The van der Waals surface area contributed by atoms with Crippen LogP contribution in [0.3, 0.4) is 0 Å². The fraction of sp³-hybridized carbons (Fsp3) is 0.269. The Balaban J connectivity index is 1.28. The number of hydrazone groups is 1.